The summed E-state index contributed by atoms with van der Waals surface area (Å²) in [6, 6.07) is 9.67. The molecule has 29 heavy (non-hydrogen) atoms. The summed E-state index contributed by atoms with van der Waals surface area (Å²) < 4.78 is 25.3. The van der Waals surface area contributed by atoms with Gasteiger partial charge in [-0.3, -0.25) is 9.88 Å². The fourth-order valence-corrected chi connectivity index (χ4v) is 2.89. The molecule has 3 heterocycles. The molecule has 146 valence electrons. The van der Waals surface area contributed by atoms with Crippen LogP contribution in [-0.2, 0) is 11.2 Å². The Labute approximate surface area is 163 Å². The van der Waals surface area contributed by atoms with E-state index in [-0.39, 0.29) is 24.5 Å². The first-order valence-corrected chi connectivity index (χ1v) is 8.65. The summed E-state index contributed by atoms with van der Waals surface area (Å²) >= 11 is 0. The Hall–Kier alpha value is -3.98. The van der Waals surface area contributed by atoms with E-state index < -0.39 is 18.0 Å². The zero-order chi connectivity index (χ0) is 20.2. The van der Waals surface area contributed by atoms with Crippen molar-refractivity contribution in [3.05, 3.63) is 70.4 Å². The van der Waals surface area contributed by atoms with Gasteiger partial charge in [0.15, 0.2) is 0 Å². The first-order valence-electron chi connectivity index (χ1n) is 8.65. The molecule has 2 aromatic heterocycles. The van der Waals surface area contributed by atoms with Gasteiger partial charge in [-0.05, 0) is 35.9 Å². The van der Waals surface area contributed by atoms with Crippen LogP contribution in [0.2, 0.25) is 0 Å². The van der Waals surface area contributed by atoms with Crippen LogP contribution in [0.15, 0.2) is 52.1 Å². The summed E-state index contributed by atoms with van der Waals surface area (Å²) in [4.78, 5) is 20.1. The lowest BCUT2D eigenvalue weighted by atomic mass is 10.1. The lowest BCUT2D eigenvalue weighted by Gasteiger charge is -2.13. The third-order valence-electron chi connectivity index (χ3n) is 4.24. The maximum atomic E-state index is 14.7. The molecule has 0 spiro atoms. The number of hydrogen-bond donors (Lipinski definition) is 0. The number of ether oxygens (including phenoxy) is 1. The molecule has 1 saturated heterocycles. The van der Waals surface area contributed by atoms with E-state index in [9.17, 15) is 9.18 Å². The molecule has 4 rings (SSSR count). The molecule has 0 unspecified atom stereocenters. The van der Waals surface area contributed by atoms with Crippen LogP contribution < -0.4 is 4.90 Å². The third kappa shape index (κ3) is 3.99. The molecular formula is C18H14FN7O3. The lowest BCUT2D eigenvalue weighted by Crippen LogP contribution is -2.25. The molecular weight excluding hydrogens is 381 g/mol. The number of pyridine rings is 1. The maximum absolute atomic E-state index is 14.7. The lowest BCUT2D eigenvalue weighted by molar-refractivity contribution is 0.145. The van der Waals surface area contributed by atoms with Crippen molar-refractivity contribution in [1.29, 1.82) is 0 Å². The number of benzene rings is 1. The zero-order valence-electron chi connectivity index (χ0n) is 15.0. The molecule has 1 aliphatic rings. The number of halogens is 1. The molecule has 0 saturated carbocycles. The highest BCUT2D eigenvalue weighted by atomic mass is 19.1. The van der Waals surface area contributed by atoms with Crippen LogP contribution in [0.1, 0.15) is 11.6 Å². The number of nitrogens with zero attached hydrogens (tertiary/aromatic N) is 7. The zero-order valence-corrected chi connectivity index (χ0v) is 15.0. The molecule has 1 fully saturated rings. The Kier molecular flexibility index (Phi) is 5.04. The van der Waals surface area contributed by atoms with E-state index in [2.05, 4.69) is 25.2 Å². The minimum Gasteiger partial charge on any atom is -0.444 e. The maximum Gasteiger partial charge on any atom is 0.414 e. The number of cyclic esters (lactones) is 1. The van der Waals surface area contributed by atoms with Crippen molar-refractivity contribution >= 4 is 11.8 Å². The Bertz CT molecular complexity index is 1080. The number of azide groups is 1. The van der Waals surface area contributed by atoms with Gasteiger partial charge < -0.3 is 9.15 Å². The fraction of sp³-hybridized carbons (Fsp3) is 0.222. The van der Waals surface area contributed by atoms with Gasteiger partial charge in [-0.15, -0.1) is 10.2 Å². The number of rotatable bonds is 6. The van der Waals surface area contributed by atoms with Crippen molar-refractivity contribution in [2.24, 2.45) is 5.11 Å². The van der Waals surface area contributed by atoms with Gasteiger partial charge in [0, 0.05) is 16.8 Å². The minimum atomic E-state index is -0.634. The van der Waals surface area contributed by atoms with E-state index in [0.717, 1.165) is 5.69 Å². The predicted octanol–water partition coefficient (Wildman–Crippen LogP) is 3.50. The second kappa shape index (κ2) is 7.95. The second-order valence-electron chi connectivity index (χ2n) is 6.19. The van der Waals surface area contributed by atoms with Gasteiger partial charge in [0.05, 0.1) is 30.8 Å². The van der Waals surface area contributed by atoms with Gasteiger partial charge in [-0.25, -0.2) is 9.18 Å². The smallest absolute Gasteiger partial charge is 0.414 e. The van der Waals surface area contributed by atoms with Crippen LogP contribution >= 0.6 is 0 Å². The first kappa shape index (κ1) is 18.4. The summed E-state index contributed by atoms with van der Waals surface area (Å²) in [6.07, 6.45) is 0.780. The number of carbonyl (C=O) groups excluding carboxylic acids is 1. The van der Waals surface area contributed by atoms with Crippen molar-refractivity contribution in [2.75, 3.05) is 18.0 Å². The van der Waals surface area contributed by atoms with E-state index in [1.807, 2.05) is 12.1 Å². The number of aromatic nitrogens is 3. The Balaban J connectivity index is 1.51. The number of anilines is 1. The molecule has 0 aliphatic carbocycles. The average Bonchev–Trinajstić information content (AvgIpc) is 3.33. The van der Waals surface area contributed by atoms with Gasteiger partial charge in [0.2, 0.25) is 5.89 Å². The quantitative estimate of drug-likeness (QED) is 0.357. The Morgan fingerprint density at radius 2 is 2.21 bits per heavy atom. The molecule has 1 amide bonds. The highest BCUT2D eigenvalue weighted by molar-refractivity contribution is 5.90. The molecule has 0 N–H and O–H groups in total. The second-order valence-corrected chi connectivity index (χ2v) is 6.19. The van der Waals surface area contributed by atoms with Crippen LogP contribution in [0.5, 0.6) is 0 Å². The number of hydrogen-bond acceptors (Lipinski definition) is 7. The highest BCUT2D eigenvalue weighted by Crippen LogP contribution is 2.28. The monoisotopic (exact) mass is 395 g/mol. The molecule has 1 atom stereocenters. The number of carbonyl (C=O) groups is 1. The molecule has 3 aromatic rings. The van der Waals surface area contributed by atoms with Crippen LogP contribution in [0, 0.1) is 5.82 Å². The standard InChI is InChI=1S/C18H14FN7O3/c19-15-8-12(26-10-13(9-22-25-20)28-18(26)27)4-5-14(15)17-24-23-16(29-17)7-11-3-1-2-6-21-11/h1-6,8,13H,7,9-10H2/t13-/m0/s1. The van der Waals surface area contributed by atoms with Crippen molar-refractivity contribution in [1.82, 2.24) is 15.2 Å². The third-order valence-corrected chi connectivity index (χ3v) is 4.24. The van der Waals surface area contributed by atoms with Crippen molar-refractivity contribution in [3.8, 4) is 11.5 Å². The summed E-state index contributed by atoms with van der Waals surface area (Å²) in [5.74, 6) is -0.279. The Morgan fingerprint density at radius 3 is 2.97 bits per heavy atom. The highest BCUT2D eigenvalue weighted by Gasteiger charge is 2.32. The molecule has 10 nitrogen and oxygen atoms in total. The van der Waals surface area contributed by atoms with Gasteiger partial charge in [0.25, 0.3) is 5.89 Å². The SMILES string of the molecule is [N-]=[N+]=NC[C@H]1CN(c2ccc(-c3nnc(Cc4ccccn4)o3)c(F)c2)C(=O)O1. The van der Waals surface area contributed by atoms with E-state index in [1.54, 1.807) is 18.3 Å². The topological polar surface area (TPSA) is 130 Å². The van der Waals surface area contributed by atoms with Crippen molar-refractivity contribution < 1.29 is 18.3 Å². The van der Waals surface area contributed by atoms with Crippen molar-refractivity contribution in [3.63, 3.8) is 0 Å². The molecule has 1 aliphatic heterocycles. The van der Waals surface area contributed by atoms with Crippen molar-refractivity contribution in [2.45, 2.75) is 12.5 Å². The van der Waals surface area contributed by atoms with Crippen LogP contribution in [-0.4, -0.2) is 40.5 Å². The largest absolute Gasteiger partial charge is 0.444 e. The van der Waals surface area contributed by atoms with Crippen LogP contribution in [0.25, 0.3) is 21.9 Å². The fourth-order valence-electron chi connectivity index (χ4n) is 2.89. The summed E-state index contributed by atoms with van der Waals surface area (Å²) in [5, 5.41) is 11.2. The van der Waals surface area contributed by atoms with E-state index in [0.29, 0.717) is 18.0 Å². The number of amides is 1. The van der Waals surface area contributed by atoms with E-state index in [1.165, 1.54) is 17.0 Å². The van der Waals surface area contributed by atoms with Crippen LogP contribution in [0.3, 0.4) is 0 Å². The summed E-state index contributed by atoms with van der Waals surface area (Å²) in [5.41, 5.74) is 9.55. The summed E-state index contributed by atoms with van der Waals surface area (Å²) in [6.45, 7) is 0.172. The first-order chi connectivity index (χ1) is 14.1. The normalized spacial score (nSPS) is 15.8. The minimum absolute atomic E-state index is 0.0142. The van der Waals surface area contributed by atoms with Crippen LogP contribution in [0.4, 0.5) is 14.9 Å². The van der Waals surface area contributed by atoms with E-state index >= 15 is 0 Å². The molecule has 0 bridgehead atoms. The summed E-state index contributed by atoms with van der Waals surface area (Å²) in [7, 11) is 0. The van der Waals surface area contributed by atoms with Gasteiger partial charge in [-0.2, -0.15) is 0 Å². The van der Waals surface area contributed by atoms with Gasteiger partial charge in [-0.1, -0.05) is 11.2 Å². The van der Waals surface area contributed by atoms with Gasteiger partial charge >= 0.3 is 6.09 Å². The Morgan fingerprint density at radius 1 is 1.31 bits per heavy atom. The molecule has 0 radical (unpaired) electrons. The predicted molar refractivity (Wildman–Crippen MR) is 98.4 cm³/mol. The van der Waals surface area contributed by atoms with E-state index in [4.69, 9.17) is 14.7 Å². The molecule has 1 aromatic carbocycles. The van der Waals surface area contributed by atoms with Gasteiger partial charge in [0.1, 0.15) is 11.9 Å². The average molecular weight is 395 g/mol. The molecule has 11 heteroatoms.